The molecule has 0 aromatic carbocycles. The molecule has 2 bridgehead atoms. The molecule has 4 fully saturated rings. The molecule has 47 heavy (non-hydrogen) atoms. The minimum Gasteiger partial charge on any atom is -0.396 e. The summed E-state index contributed by atoms with van der Waals surface area (Å²) in [5, 5.41) is 22.1. The molecule has 8 rings (SSSR count). The van der Waals surface area contributed by atoms with Crippen LogP contribution in [0.2, 0.25) is 0 Å². The number of ether oxygens (including phenoxy) is 1. The Balaban J connectivity index is 1.15. The van der Waals surface area contributed by atoms with E-state index >= 15 is 0 Å². The van der Waals surface area contributed by atoms with Crippen molar-refractivity contribution in [3.05, 3.63) is 33.7 Å². The van der Waals surface area contributed by atoms with E-state index in [2.05, 4.69) is 29.3 Å². The molecule has 6 heterocycles. The van der Waals surface area contributed by atoms with Crippen molar-refractivity contribution >= 4 is 65.9 Å². The zero-order chi connectivity index (χ0) is 33.0. The first-order valence-electron chi connectivity index (χ1n) is 14.4. The number of anilines is 1. The molecular formula is C24H28N8O11P2S2. The molecule has 2 aliphatic carbocycles. The van der Waals surface area contributed by atoms with Gasteiger partial charge in [-0.1, -0.05) is 0 Å². The van der Waals surface area contributed by atoms with E-state index in [0.717, 1.165) is 11.5 Å². The van der Waals surface area contributed by atoms with Crippen molar-refractivity contribution in [2.24, 2.45) is 17.8 Å². The number of rotatable bonds is 3. The van der Waals surface area contributed by atoms with Crippen LogP contribution in [0.3, 0.4) is 0 Å². The van der Waals surface area contributed by atoms with Crippen molar-refractivity contribution in [2.45, 2.75) is 49.4 Å². The second-order valence-electron chi connectivity index (χ2n) is 12.0. The number of aliphatic hydroxyl groups excluding tert-OH is 2. The van der Waals surface area contributed by atoms with Crippen molar-refractivity contribution in [1.82, 2.24) is 33.9 Å². The summed E-state index contributed by atoms with van der Waals surface area (Å²) in [5.41, 5.74) is 5.39. The molecule has 2 saturated heterocycles. The fraction of sp³-hybridized carbons (Fsp3) is 0.583. The quantitative estimate of drug-likeness (QED) is 0.151. The highest BCUT2D eigenvalue weighted by atomic mass is 32.5. The molecule has 252 valence electrons. The fourth-order valence-electron chi connectivity index (χ4n) is 7.24. The number of aliphatic hydroxyl groups is 2. The molecule has 11 atom stereocenters. The van der Waals surface area contributed by atoms with Gasteiger partial charge in [0.05, 0.1) is 42.7 Å². The number of phosphoric acid groups is 1. The SMILES string of the molecule is Cc1nc2c([C@@H]3O[C@@H]4COP(O)(=S)O[C@@H]5[C@@H](COP(=O)(O)O[C@@H]3[C@@H]4CO)[C@@H]3C[C@@]3(n3cnc4c(N)ncnc43)[C@@H]5O)snc2c(=O)[nH]1. The molecule has 19 nitrogen and oxygen atoms in total. The molecule has 2 aliphatic heterocycles. The highest BCUT2D eigenvalue weighted by Gasteiger charge is 2.74. The summed E-state index contributed by atoms with van der Waals surface area (Å²) in [7, 11) is -4.91. The van der Waals surface area contributed by atoms with Crippen LogP contribution in [0.5, 0.6) is 0 Å². The number of aromatic nitrogens is 7. The van der Waals surface area contributed by atoms with Crippen LogP contribution in [-0.2, 0) is 44.7 Å². The number of nitrogens with zero attached hydrogens (tertiary/aromatic N) is 6. The molecule has 23 heteroatoms. The minimum atomic E-state index is -4.91. The summed E-state index contributed by atoms with van der Waals surface area (Å²) in [4.78, 5) is 54.6. The average molecular weight is 731 g/mol. The molecule has 7 N–H and O–H groups in total. The maximum atomic E-state index is 13.6. The summed E-state index contributed by atoms with van der Waals surface area (Å²) >= 11 is 6.25. The van der Waals surface area contributed by atoms with Gasteiger partial charge < -0.3 is 49.1 Å². The standard InChI is InChI=1S/C24H28N8O11P2S2/c1-8-29-13-14(23(35)30-8)31-47-19(13)18-16-9(3-33)12(41-18)5-40-45(38,46)43-17-10(4-39-44(36,37)42-16)11-2-24(11,20(17)34)32-7-28-15-21(25)26-6-27-22(15)32/h6-7,9-12,16-18,20,33-34H,2-5H2,1H3,(H,36,37)(H,38,46)(H2,25,26,27)(H,29,30,35)/t9-,10+,11+,12-,16-,17-,18-,20-,24+,45?/m1/s1. The topological polar surface area (TPSA) is 272 Å². The van der Waals surface area contributed by atoms with Gasteiger partial charge in [-0.25, -0.2) is 24.5 Å². The maximum Gasteiger partial charge on any atom is 0.472 e. The monoisotopic (exact) mass is 730 g/mol. The van der Waals surface area contributed by atoms with Crippen LogP contribution >= 0.6 is 26.1 Å². The van der Waals surface area contributed by atoms with Gasteiger partial charge in [0.15, 0.2) is 17.0 Å². The zero-order valence-electron chi connectivity index (χ0n) is 24.2. The summed E-state index contributed by atoms with van der Waals surface area (Å²) < 4.78 is 48.5. The minimum absolute atomic E-state index is 0.0360. The summed E-state index contributed by atoms with van der Waals surface area (Å²) in [5.74, 6) is -1.70. The van der Waals surface area contributed by atoms with Gasteiger partial charge in [0.25, 0.3) is 5.56 Å². The van der Waals surface area contributed by atoms with Crippen LogP contribution in [0.1, 0.15) is 23.2 Å². The highest BCUT2D eigenvalue weighted by Crippen LogP contribution is 2.68. The van der Waals surface area contributed by atoms with E-state index < -0.39 is 93.7 Å². The fourth-order valence-corrected chi connectivity index (χ4v) is 10.6. The van der Waals surface area contributed by atoms with Gasteiger partial charge in [0.2, 0.25) is 0 Å². The van der Waals surface area contributed by atoms with Crippen molar-refractivity contribution in [2.75, 3.05) is 25.6 Å². The van der Waals surface area contributed by atoms with Crippen molar-refractivity contribution in [3.63, 3.8) is 0 Å². The maximum absolute atomic E-state index is 13.6. The first-order chi connectivity index (χ1) is 22.3. The van der Waals surface area contributed by atoms with Crippen LogP contribution in [0.4, 0.5) is 5.82 Å². The van der Waals surface area contributed by atoms with Crippen LogP contribution in [0, 0.1) is 24.7 Å². The lowest BCUT2D eigenvalue weighted by atomic mass is 9.96. The highest BCUT2D eigenvalue weighted by molar-refractivity contribution is 8.07. The molecule has 2 unspecified atom stereocenters. The number of hydrogen-bond acceptors (Lipinski definition) is 17. The van der Waals surface area contributed by atoms with Gasteiger partial charge in [0, 0.05) is 11.8 Å². The second-order valence-corrected chi connectivity index (χ2v) is 17.0. The number of phosphoric ester groups is 1. The first-order valence-corrected chi connectivity index (χ1v) is 19.3. The Labute approximate surface area is 273 Å². The van der Waals surface area contributed by atoms with Crippen LogP contribution in [-0.4, -0.2) is 98.1 Å². The van der Waals surface area contributed by atoms with Crippen molar-refractivity contribution in [3.8, 4) is 0 Å². The number of nitrogens with one attached hydrogen (secondary N) is 1. The summed E-state index contributed by atoms with van der Waals surface area (Å²) in [6.07, 6.45) is -2.86. The molecule has 0 amide bonds. The van der Waals surface area contributed by atoms with Gasteiger partial charge in [-0.3, -0.25) is 13.8 Å². The number of aromatic amines is 1. The van der Waals surface area contributed by atoms with Gasteiger partial charge in [-0.15, -0.1) is 0 Å². The lowest BCUT2D eigenvalue weighted by Crippen LogP contribution is -2.40. The summed E-state index contributed by atoms with van der Waals surface area (Å²) in [6.45, 7) is -3.99. The smallest absolute Gasteiger partial charge is 0.396 e. The predicted octanol–water partition coefficient (Wildman–Crippen LogP) is -0.00118. The van der Waals surface area contributed by atoms with Gasteiger partial charge in [0.1, 0.15) is 47.6 Å². The summed E-state index contributed by atoms with van der Waals surface area (Å²) in [6, 6.07) is 0. The molecule has 4 aliphatic rings. The van der Waals surface area contributed by atoms with E-state index in [4.69, 9.17) is 40.4 Å². The van der Waals surface area contributed by atoms with Crippen molar-refractivity contribution < 1.29 is 47.4 Å². The molecule has 4 aromatic heterocycles. The third-order valence-electron chi connectivity index (χ3n) is 9.41. The van der Waals surface area contributed by atoms with Crippen LogP contribution in [0.25, 0.3) is 22.2 Å². The predicted molar refractivity (Wildman–Crippen MR) is 164 cm³/mol. The third-order valence-corrected chi connectivity index (χ3v) is 12.9. The Bertz CT molecular complexity index is 2060. The number of fused-ring (bicyclic) bond motifs is 7. The van der Waals surface area contributed by atoms with E-state index in [0.29, 0.717) is 28.3 Å². The van der Waals surface area contributed by atoms with E-state index in [1.54, 1.807) is 11.5 Å². The van der Waals surface area contributed by atoms with Crippen LogP contribution in [0.15, 0.2) is 17.4 Å². The number of aryl methyl sites for hydroxylation is 1. The normalized spacial score (nSPS) is 40.4. The molecule has 4 aromatic rings. The molecule has 0 radical (unpaired) electrons. The number of H-pyrrole nitrogens is 1. The lowest BCUT2D eigenvalue weighted by Gasteiger charge is -2.31. The molecular weight excluding hydrogens is 702 g/mol. The van der Waals surface area contributed by atoms with Gasteiger partial charge >= 0.3 is 14.5 Å². The molecule has 2 saturated carbocycles. The van der Waals surface area contributed by atoms with Crippen molar-refractivity contribution in [1.29, 1.82) is 0 Å². The number of hydrogen-bond donors (Lipinski definition) is 6. The van der Waals surface area contributed by atoms with E-state index in [9.17, 15) is 29.4 Å². The largest absolute Gasteiger partial charge is 0.472 e. The Morgan fingerprint density at radius 2 is 1.98 bits per heavy atom. The van der Waals surface area contributed by atoms with E-state index in [1.807, 2.05) is 0 Å². The van der Waals surface area contributed by atoms with Gasteiger partial charge in [-0.2, -0.15) is 4.37 Å². The van der Waals surface area contributed by atoms with E-state index in [-0.39, 0.29) is 16.9 Å². The number of imidazole rings is 1. The Morgan fingerprint density at radius 1 is 1.17 bits per heavy atom. The Morgan fingerprint density at radius 3 is 2.77 bits per heavy atom. The molecule has 0 spiro atoms. The van der Waals surface area contributed by atoms with E-state index in [1.165, 1.54) is 12.7 Å². The lowest BCUT2D eigenvalue weighted by molar-refractivity contribution is -0.0396. The van der Waals surface area contributed by atoms with Gasteiger partial charge in [-0.05, 0) is 42.6 Å². The average Bonchev–Trinajstić information content (AvgIpc) is 3.30. The van der Waals surface area contributed by atoms with Crippen LogP contribution < -0.4 is 11.3 Å². The zero-order valence-corrected chi connectivity index (χ0v) is 27.6. The second kappa shape index (κ2) is 11.1. The Kier molecular flexibility index (Phi) is 7.51. The first kappa shape index (κ1) is 31.9. The third kappa shape index (κ3) is 5.03. The Hall–Kier alpha value is -2.36. The number of nitrogens with two attached hydrogens (primary N) is 1. The number of nitrogen functional groups attached to an aromatic ring is 1.